The SMILES string of the molecule is CN1CCN(C(=O)CCC2CCNC2)c2ccccc21.Cl.Cl. The lowest BCUT2D eigenvalue weighted by atomic mass is 10.0. The second-order valence-corrected chi connectivity index (χ2v) is 5.85. The van der Waals surface area contributed by atoms with Crippen molar-refractivity contribution >= 4 is 42.1 Å². The first-order valence-electron chi connectivity index (χ1n) is 7.57. The lowest BCUT2D eigenvalue weighted by molar-refractivity contribution is -0.118. The zero-order chi connectivity index (χ0) is 13.9. The van der Waals surface area contributed by atoms with E-state index in [0.29, 0.717) is 12.3 Å². The third-order valence-electron chi connectivity index (χ3n) is 4.47. The van der Waals surface area contributed by atoms with Gasteiger partial charge in [-0.3, -0.25) is 4.79 Å². The van der Waals surface area contributed by atoms with E-state index >= 15 is 0 Å². The third-order valence-corrected chi connectivity index (χ3v) is 4.47. The minimum atomic E-state index is 0. The number of likely N-dealkylation sites (N-methyl/N-ethyl adjacent to an activating group) is 1. The molecule has 1 fully saturated rings. The molecule has 1 atom stereocenters. The highest BCUT2D eigenvalue weighted by Gasteiger charge is 2.25. The lowest BCUT2D eigenvalue weighted by Gasteiger charge is -2.35. The highest BCUT2D eigenvalue weighted by atomic mass is 35.5. The van der Waals surface area contributed by atoms with Gasteiger partial charge in [0, 0.05) is 26.6 Å². The largest absolute Gasteiger partial charge is 0.371 e. The quantitative estimate of drug-likeness (QED) is 0.914. The van der Waals surface area contributed by atoms with Gasteiger partial charge in [0.15, 0.2) is 0 Å². The molecule has 1 amide bonds. The van der Waals surface area contributed by atoms with Gasteiger partial charge in [-0.1, -0.05) is 12.1 Å². The molecule has 0 aromatic heterocycles. The average molecular weight is 346 g/mol. The van der Waals surface area contributed by atoms with Gasteiger partial charge in [0.2, 0.25) is 5.91 Å². The summed E-state index contributed by atoms with van der Waals surface area (Å²) in [6.07, 6.45) is 2.90. The maximum Gasteiger partial charge on any atom is 0.227 e. The Balaban J connectivity index is 0.00000121. The van der Waals surface area contributed by atoms with E-state index in [9.17, 15) is 4.79 Å². The van der Waals surface area contributed by atoms with Gasteiger partial charge in [-0.2, -0.15) is 0 Å². The average Bonchev–Trinajstić information content (AvgIpc) is 2.99. The van der Waals surface area contributed by atoms with E-state index < -0.39 is 0 Å². The third kappa shape index (κ3) is 4.06. The van der Waals surface area contributed by atoms with Crippen LogP contribution in [0, 0.1) is 5.92 Å². The Morgan fingerprint density at radius 3 is 2.64 bits per heavy atom. The maximum absolute atomic E-state index is 12.5. The zero-order valence-corrected chi connectivity index (χ0v) is 14.6. The minimum absolute atomic E-state index is 0. The first kappa shape index (κ1) is 19.1. The summed E-state index contributed by atoms with van der Waals surface area (Å²) in [6.45, 7) is 3.89. The topological polar surface area (TPSA) is 35.6 Å². The Labute approximate surface area is 145 Å². The van der Waals surface area contributed by atoms with E-state index in [1.807, 2.05) is 17.0 Å². The van der Waals surface area contributed by atoms with Crippen molar-refractivity contribution in [1.82, 2.24) is 5.32 Å². The predicted molar refractivity (Wildman–Crippen MR) is 96.8 cm³/mol. The highest BCUT2D eigenvalue weighted by Crippen LogP contribution is 2.32. The Morgan fingerprint density at radius 1 is 1.23 bits per heavy atom. The summed E-state index contributed by atoms with van der Waals surface area (Å²) in [4.78, 5) is 16.7. The molecular formula is C16H25Cl2N3O. The summed E-state index contributed by atoms with van der Waals surface area (Å²) in [5, 5.41) is 3.37. The number of para-hydroxylation sites is 2. The monoisotopic (exact) mass is 345 g/mol. The van der Waals surface area contributed by atoms with Crippen LogP contribution in [0.15, 0.2) is 24.3 Å². The van der Waals surface area contributed by atoms with Crippen LogP contribution in [0.25, 0.3) is 0 Å². The molecular weight excluding hydrogens is 321 g/mol. The molecule has 2 aliphatic heterocycles. The fourth-order valence-corrected chi connectivity index (χ4v) is 3.19. The van der Waals surface area contributed by atoms with Gasteiger partial charge in [-0.05, 0) is 44.0 Å². The summed E-state index contributed by atoms with van der Waals surface area (Å²) in [7, 11) is 2.09. The van der Waals surface area contributed by atoms with Crippen molar-refractivity contribution in [2.45, 2.75) is 19.3 Å². The van der Waals surface area contributed by atoms with E-state index in [-0.39, 0.29) is 30.7 Å². The van der Waals surface area contributed by atoms with Crippen molar-refractivity contribution in [2.24, 2.45) is 5.92 Å². The smallest absolute Gasteiger partial charge is 0.227 e. The number of hydrogen-bond acceptors (Lipinski definition) is 3. The van der Waals surface area contributed by atoms with Gasteiger partial charge in [-0.25, -0.2) is 0 Å². The van der Waals surface area contributed by atoms with Crippen molar-refractivity contribution in [3.8, 4) is 0 Å². The standard InChI is InChI=1S/C16H23N3O.2ClH/c1-18-10-11-19(15-5-3-2-4-14(15)18)16(20)7-6-13-8-9-17-12-13;;/h2-5,13,17H,6-12H2,1H3;2*1H. The molecule has 2 heterocycles. The number of hydrogen-bond donors (Lipinski definition) is 1. The van der Waals surface area contributed by atoms with Crippen LogP contribution < -0.4 is 15.1 Å². The molecule has 4 nitrogen and oxygen atoms in total. The van der Waals surface area contributed by atoms with E-state index in [2.05, 4.69) is 29.4 Å². The summed E-state index contributed by atoms with van der Waals surface area (Å²) in [5.74, 6) is 0.958. The van der Waals surface area contributed by atoms with Gasteiger partial charge in [0.25, 0.3) is 0 Å². The molecule has 1 aromatic carbocycles. The Morgan fingerprint density at radius 2 is 1.95 bits per heavy atom. The van der Waals surface area contributed by atoms with Crippen molar-refractivity contribution in [2.75, 3.05) is 43.0 Å². The number of halogens is 2. The van der Waals surface area contributed by atoms with E-state index in [1.165, 1.54) is 6.42 Å². The Kier molecular flexibility index (Phi) is 7.46. The molecule has 6 heteroatoms. The number of carbonyl (C=O) groups excluding carboxylic acids is 1. The highest BCUT2D eigenvalue weighted by molar-refractivity contribution is 5.97. The molecule has 1 aromatic rings. The van der Waals surface area contributed by atoms with Crippen LogP contribution in [-0.2, 0) is 4.79 Å². The molecule has 0 bridgehead atoms. The van der Waals surface area contributed by atoms with Gasteiger partial charge in [-0.15, -0.1) is 24.8 Å². The second kappa shape index (κ2) is 8.61. The molecule has 3 rings (SSSR count). The van der Waals surface area contributed by atoms with E-state index in [4.69, 9.17) is 0 Å². The number of amides is 1. The first-order valence-corrected chi connectivity index (χ1v) is 7.57. The fourth-order valence-electron chi connectivity index (χ4n) is 3.19. The minimum Gasteiger partial charge on any atom is -0.371 e. The lowest BCUT2D eigenvalue weighted by Crippen LogP contribution is -2.42. The van der Waals surface area contributed by atoms with Crippen LogP contribution in [0.4, 0.5) is 11.4 Å². The summed E-state index contributed by atoms with van der Waals surface area (Å²) in [5.41, 5.74) is 2.23. The molecule has 0 aliphatic carbocycles. The number of rotatable bonds is 3. The van der Waals surface area contributed by atoms with Gasteiger partial charge >= 0.3 is 0 Å². The molecule has 2 aliphatic rings. The van der Waals surface area contributed by atoms with Crippen LogP contribution in [0.3, 0.4) is 0 Å². The summed E-state index contributed by atoms with van der Waals surface area (Å²) in [6, 6.07) is 8.20. The van der Waals surface area contributed by atoms with Crippen LogP contribution in [0.1, 0.15) is 19.3 Å². The molecule has 1 N–H and O–H groups in total. The molecule has 0 saturated carbocycles. The predicted octanol–water partition coefficient (Wildman–Crippen LogP) is 2.70. The number of nitrogens with zero attached hydrogens (tertiary/aromatic N) is 2. The Hall–Kier alpha value is -0.970. The van der Waals surface area contributed by atoms with Crippen LogP contribution in [0.5, 0.6) is 0 Å². The molecule has 1 saturated heterocycles. The van der Waals surface area contributed by atoms with Crippen molar-refractivity contribution < 1.29 is 4.79 Å². The maximum atomic E-state index is 12.5. The van der Waals surface area contributed by atoms with Crippen molar-refractivity contribution in [3.05, 3.63) is 24.3 Å². The van der Waals surface area contributed by atoms with Gasteiger partial charge < -0.3 is 15.1 Å². The number of benzene rings is 1. The molecule has 1 unspecified atom stereocenters. The number of carbonyl (C=O) groups is 1. The summed E-state index contributed by atoms with van der Waals surface area (Å²) < 4.78 is 0. The van der Waals surface area contributed by atoms with E-state index in [0.717, 1.165) is 44.0 Å². The molecule has 124 valence electrons. The van der Waals surface area contributed by atoms with E-state index in [1.54, 1.807) is 0 Å². The summed E-state index contributed by atoms with van der Waals surface area (Å²) >= 11 is 0. The van der Waals surface area contributed by atoms with Gasteiger partial charge in [0.1, 0.15) is 0 Å². The second-order valence-electron chi connectivity index (χ2n) is 5.85. The molecule has 0 spiro atoms. The zero-order valence-electron chi connectivity index (χ0n) is 13.0. The van der Waals surface area contributed by atoms with Crippen molar-refractivity contribution in [1.29, 1.82) is 0 Å². The number of nitrogens with one attached hydrogen (secondary N) is 1. The number of fused-ring (bicyclic) bond motifs is 1. The molecule has 22 heavy (non-hydrogen) atoms. The van der Waals surface area contributed by atoms with Crippen molar-refractivity contribution in [3.63, 3.8) is 0 Å². The van der Waals surface area contributed by atoms with Gasteiger partial charge in [0.05, 0.1) is 11.4 Å². The van der Waals surface area contributed by atoms with Crippen LogP contribution in [0.2, 0.25) is 0 Å². The van der Waals surface area contributed by atoms with Crippen LogP contribution in [-0.4, -0.2) is 39.1 Å². The molecule has 0 radical (unpaired) electrons. The van der Waals surface area contributed by atoms with Crippen LogP contribution >= 0.6 is 24.8 Å². The first-order chi connectivity index (χ1) is 9.75. The Bertz CT molecular complexity index is 492. The number of anilines is 2. The normalized spacial score (nSPS) is 20.0. The fraction of sp³-hybridized carbons (Fsp3) is 0.562.